The van der Waals surface area contributed by atoms with Crippen molar-refractivity contribution in [2.75, 3.05) is 0 Å². The number of nitro benzene ring substituents is 1. The summed E-state index contributed by atoms with van der Waals surface area (Å²) in [4.78, 5) is 9.66. The fraction of sp³-hybridized carbons (Fsp3) is 0.100. The number of aromatic nitrogens is 2. The average molecular weight is 257 g/mol. The molecule has 0 saturated heterocycles. The van der Waals surface area contributed by atoms with Crippen LogP contribution >= 0.6 is 0 Å². The summed E-state index contributed by atoms with van der Waals surface area (Å²) >= 11 is 0. The van der Waals surface area contributed by atoms with E-state index in [-0.39, 0.29) is 5.69 Å². The van der Waals surface area contributed by atoms with Crippen LogP contribution in [0.5, 0.6) is 0 Å². The molecule has 1 heterocycles. The van der Waals surface area contributed by atoms with Gasteiger partial charge in [-0.2, -0.15) is 5.10 Å². The van der Waals surface area contributed by atoms with Crippen LogP contribution in [-0.4, -0.2) is 14.7 Å². The maximum Gasteiger partial charge on any atom is 0.282 e. The number of nitro groups is 1. The van der Waals surface area contributed by atoms with E-state index in [2.05, 4.69) is 5.10 Å². The molecule has 94 valence electrons. The molecule has 0 aliphatic carbocycles. The van der Waals surface area contributed by atoms with E-state index in [1.807, 2.05) is 0 Å². The zero-order chi connectivity index (χ0) is 13.3. The van der Waals surface area contributed by atoms with E-state index in [0.717, 1.165) is 29.1 Å². The average Bonchev–Trinajstić information content (AvgIpc) is 2.78. The summed E-state index contributed by atoms with van der Waals surface area (Å²) in [5.41, 5.74) is -1.04. The Hall–Kier alpha value is -2.38. The van der Waals surface area contributed by atoms with E-state index in [9.17, 15) is 23.3 Å². The van der Waals surface area contributed by atoms with Crippen molar-refractivity contribution >= 4 is 5.69 Å². The normalized spacial score (nSPS) is 10.9. The number of alkyl halides is 2. The van der Waals surface area contributed by atoms with Gasteiger partial charge in [-0.15, -0.1) is 0 Å². The molecule has 1 aromatic carbocycles. The van der Waals surface area contributed by atoms with Crippen molar-refractivity contribution in [1.29, 1.82) is 0 Å². The Morgan fingerprint density at radius 1 is 1.33 bits per heavy atom. The molecule has 0 radical (unpaired) electrons. The molecule has 0 unspecified atom stereocenters. The van der Waals surface area contributed by atoms with Crippen LogP contribution in [0.25, 0.3) is 5.69 Å². The van der Waals surface area contributed by atoms with Crippen LogP contribution < -0.4 is 0 Å². The number of rotatable bonds is 3. The van der Waals surface area contributed by atoms with Gasteiger partial charge < -0.3 is 0 Å². The molecule has 18 heavy (non-hydrogen) atoms. The first-order valence-corrected chi connectivity index (χ1v) is 4.77. The predicted molar refractivity (Wildman–Crippen MR) is 55.1 cm³/mol. The molecule has 0 fully saturated rings. The van der Waals surface area contributed by atoms with E-state index in [1.54, 1.807) is 0 Å². The molecule has 8 heteroatoms. The SMILES string of the molecule is O=[N+]([O-])c1ccc(-n2ccc(C(F)F)n2)c(F)c1. The molecule has 2 aromatic rings. The van der Waals surface area contributed by atoms with Crippen LogP contribution in [0.15, 0.2) is 30.5 Å². The summed E-state index contributed by atoms with van der Waals surface area (Å²) in [6, 6.07) is 3.93. The zero-order valence-electron chi connectivity index (χ0n) is 8.76. The van der Waals surface area contributed by atoms with E-state index in [1.165, 1.54) is 0 Å². The molecule has 0 N–H and O–H groups in total. The Labute approximate surface area is 98.6 Å². The van der Waals surface area contributed by atoms with Crippen LogP contribution in [0.4, 0.5) is 18.9 Å². The van der Waals surface area contributed by atoms with Gasteiger partial charge in [0.1, 0.15) is 11.4 Å². The van der Waals surface area contributed by atoms with Crippen molar-refractivity contribution in [2.24, 2.45) is 0 Å². The zero-order valence-corrected chi connectivity index (χ0v) is 8.76. The topological polar surface area (TPSA) is 61.0 Å². The molecule has 0 bridgehead atoms. The minimum Gasteiger partial charge on any atom is -0.258 e. The molecule has 5 nitrogen and oxygen atoms in total. The highest BCUT2D eigenvalue weighted by atomic mass is 19.3. The number of hydrogen-bond donors (Lipinski definition) is 0. The lowest BCUT2D eigenvalue weighted by Crippen LogP contribution is -2.00. The number of non-ortho nitro benzene ring substituents is 1. The summed E-state index contributed by atoms with van der Waals surface area (Å²) in [5, 5.41) is 13.9. The Bertz CT molecular complexity index is 598. The maximum absolute atomic E-state index is 13.6. The highest BCUT2D eigenvalue weighted by Gasteiger charge is 2.15. The van der Waals surface area contributed by atoms with Gasteiger partial charge in [0.25, 0.3) is 12.1 Å². The van der Waals surface area contributed by atoms with Gasteiger partial charge in [0.15, 0.2) is 5.82 Å². The minimum absolute atomic E-state index is 0.132. The molecule has 0 amide bonds. The van der Waals surface area contributed by atoms with E-state index < -0.39 is 28.5 Å². The van der Waals surface area contributed by atoms with Crippen molar-refractivity contribution < 1.29 is 18.1 Å². The second kappa shape index (κ2) is 4.47. The number of nitrogens with zero attached hydrogens (tertiary/aromatic N) is 3. The molecule has 0 spiro atoms. The van der Waals surface area contributed by atoms with Crippen molar-refractivity contribution in [2.45, 2.75) is 6.43 Å². The first-order chi connectivity index (χ1) is 8.49. The van der Waals surface area contributed by atoms with Crippen LogP contribution in [-0.2, 0) is 0 Å². The molecular formula is C10H6F3N3O2. The highest BCUT2D eigenvalue weighted by molar-refractivity contribution is 5.42. The molecule has 0 aliphatic heterocycles. The first-order valence-electron chi connectivity index (χ1n) is 4.77. The summed E-state index contributed by atoms with van der Waals surface area (Å²) in [7, 11) is 0. The lowest BCUT2D eigenvalue weighted by atomic mass is 10.2. The Morgan fingerprint density at radius 3 is 2.56 bits per heavy atom. The van der Waals surface area contributed by atoms with Gasteiger partial charge in [-0.3, -0.25) is 10.1 Å². The van der Waals surface area contributed by atoms with Crippen molar-refractivity contribution in [3.8, 4) is 5.69 Å². The van der Waals surface area contributed by atoms with Gasteiger partial charge in [-0.1, -0.05) is 0 Å². The quantitative estimate of drug-likeness (QED) is 0.627. The minimum atomic E-state index is -2.76. The third-order valence-electron chi connectivity index (χ3n) is 2.22. The lowest BCUT2D eigenvalue weighted by Gasteiger charge is -2.02. The van der Waals surface area contributed by atoms with Crippen LogP contribution in [0.3, 0.4) is 0 Å². The van der Waals surface area contributed by atoms with Crippen molar-refractivity contribution in [3.05, 3.63) is 52.1 Å². The van der Waals surface area contributed by atoms with Crippen molar-refractivity contribution in [3.63, 3.8) is 0 Å². The molecule has 2 rings (SSSR count). The monoisotopic (exact) mass is 257 g/mol. The van der Waals surface area contributed by atoms with Gasteiger partial charge in [0, 0.05) is 12.3 Å². The van der Waals surface area contributed by atoms with Gasteiger partial charge in [0.2, 0.25) is 0 Å². The summed E-state index contributed by atoms with van der Waals surface area (Å²) < 4.78 is 39.1. The molecule has 0 aliphatic rings. The third kappa shape index (κ3) is 2.17. The Morgan fingerprint density at radius 2 is 2.06 bits per heavy atom. The van der Waals surface area contributed by atoms with E-state index >= 15 is 0 Å². The van der Waals surface area contributed by atoms with Crippen LogP contribution in [0.1, 0.15) is 12.1 Å². The maximum atomic E-state index is 13.6. The second-order valence-corrected chi connectivity index (χ2v) is 3.38. The highest BCUT2D eigenvalue weighted by Crippen LogP contribution is 2.21. The smallest absolute Gasteiger partial charge is 0.258 e. The Balaban J connectivity index is 2.41. The van der Waals surface area contributed by atoms with E-state index in [0.29, 0.717) is 6.07 Å². The fourth-order valence-electron chi connectivity index (χ4n) is 1.38. The standard InChI is InChI=1S/C10H6F3N3O2/c11-7-5-6(16(17)18)1-2-9(7)15-4-3-8(14-15)10(12)13/h1-5,10H. The van der Waals surface area contributed by atoms with Gasteiger partial charge in [0.05, 0.1) is 11.0 Å². The summed E-state index contributed by atoms with van der Waals surface area (Å²) in [5.74, 6) is -0.909. The number of benzene rings is 1. The largest absolute Gasteiger partial charge is 0.282 e. The molecule has 0 saturated carbocycles. The van der Waals surface area contributed by atoms with Crippen LogP contribution in [0.2, 0.25) is 0 Å². The number of halogens is 3. The second-order valence-electron chi connectivity index (χ2n) is 3.38. The van der Waals surface area contributed by atoms with E-state index in [4.69, 9.17) is 0 Å². The molecule has 0 atom stereocenters. The van der Waals surface area contributed by atoms with Gasteiger partial charge in [-0.05, 0) is 12.1 Å². The van der Waals surface area contributed by atoms with Gasteiger partial charge in [-0.25, -0.2) is 17.9 Å². The molecular weight excluding hydrogens is 251 g/mol. The van der Waals surface area contributed by atoms with Gasteiger partial charge >= 0.3 is 0 Å². The molecule has 1 aromatic heterocycles. The Kier molecular flexibility index (Phi) is 3.00. The fourth-order valence-corrected chi connectivity index (χ4v) is 1.38. The first kappa shape index (κ1) is 12.1. The summed E-state index contributed by atoms with van der Waals surface area (Å²) in [6.07, 6.45) is -1.60. The number of hydrogen-bond acceptors (Lipinski definition) is 3. The van der Waals surface area contributed by atoms with Crippen molar-refractivity contribution in [1.82, 2.24) is 9.78 Å². The lowest BCUT2D eigenvalue weighted by molar-refractivity contribution is -0.385. The predicted octanol–water partition coefficient (Wildman–Crippen LogP) is 2.86. The van der Waals surface area contributed by atoms with Crippen LogP contribution in [0, 0.1) is 15.9 Å². The summed E-state index contributed by atoms with van der Waals surface area (Å²) in [6.45, 7) is 0. The third-order valence-corrected chi connectivity index (χ3v) is 2.22.